The Morgan fingerprint density at radius 3 is 2.53 bits per heavy atom. The highest BCUT2D eigenvalue weighted by molar-refractivity contribution is 5.66. The molecule has 88 valence electrons. The van der Waals surface area contributed by atoms with Crippen molar-refractivity contribution >= 4 is 5.82 Å². The lowest BCUT2D eigenvalue weighted by Crippen LogP contribution is -1.99. The second kappa shape index (κ2) is 4.41. The van der Waals surface area contributed by atoms with Gasteiger partial charge in [-0.25, -0.2) is 9.97 Å². The number of ether oxygens (including phenoxy) is 1. The number of hydrogen-bond acceptors (Lipinski definition) is 4. The third kappa shape index (κ3) is 2.36. The average Bonchev–Trinajstić information content (AvgIpc) is 2.27. The molecule has 2 rings (SSSR count). The minimum atomic E-state index is 0.469. The van der Waals surface area contributed by atoms with Gasteiger partial charge in [0.2, 0.25) is 0 Å². The molecule has 0 unspecified atom stereocenters. The highest BCUT2D eigenvalue weighted by Gasteiger charge is 2.10. The Balaban J connectivity index is 2.62. The summed E-state index contributed by atoms with van der Waals surface area (Å²) in [7, 11) is 1.63. The van der Waals surface area contributed by atoms with Crippen molar-refractivity contribution in [2.24, 2.45) is 0 Å². The van der Waals surface area contributed by atoms with Crippen LogP contribution in [0.5, 0.6) is 5.75 Å². The number of nitrogens with zero attached hydrogens (tertiary/aromatic N) is 2. The van der Waals surface area contributed by atoms with Crippen LogP contribution >= 0.6 is 0 Å². The van der Waals surface area contributed by atoms with Crippen LogP contribution in [0.1, 0.15) is 11.3 Å². The quantitative estimate of drug-likeness (QED) is 0.858. The molecule has 0 saturated heterocycles. The number of anilines is 1. The minimum Gasteiger partial charge on any atom is -0.496 e. The highest BCUT2D eigenvalue weighted by atomic mass is 16.5. The lowest BCUT2D eigenvalue weighted by molar-refractivity contribution is 0.416. The topological polar surface area (TPSA) is 61.0 Å². The van der Waals surface area contributed by atoms with E-state index in [4.69, 9.17) is 10.5 Å². The van der Waals surface area contributed by atoms with Crippen LogP contribution in [0.2, 0.25) is 0 Å². The fraction of sp³-hybridized carbons (Fsp3) is 0.231. The van der Waals surface area contributed by atoms with Crippen molar-refractivity contribution in [2.75, 3.05) is 12.8 Å². The van der Waals surface area contributed by atoms with Gasteiger partial charge in [0.15, 0.2) is 5.82 Å². The van der Waals surface area contributed by atoms with Gasteiger partial charge in [0.25, 0.3) is 0 Å². The summed E-state index contributed by atoms with van der Waals surface area (Å²) in [5.74, 6) is 1.82. The van der Waals surface area contributed by atoms with Crippen LogP contribution in [0.15, 0.2) is 24.3 Å². The summed E-state index contributed by atoms with van der Waals surface area (Å²) in [6.45, 7) is 3.91. The summed E-state index contributed by atoms with van der Waals surface area (Å²) in [6, 6.07) is 7.63. The molecule has 1 heterocycles. The second-order valence-corrected chi connectivity index (χ2v) is 3.96. The third-order valence-corrected chi connectivity index (χ3v) is 2.47. The Bertz CT molecular complexity index is 532. The first-order chi connectivity index (χ1) is 8.10. The fourth-order valence-electron chi connectivity index (χ4n) is 1.71. The molecule has 2 N–H and O–H groups in total. The molecular weight excluding hydrogens is 214 g/mol. The number of aryl methyl sites for hydroxylation is 2. The predicted molar refractivity (Wildman–Crippen MR) is 67.9 cm³/mol. The van der Waals surface area contributed by atoms with Crippen LogP contribution in [0.3, 0.4) is 0 Å². The van der Waals surface area contributed by atoms with Crippen molar-refractivity contribution in [1.29, 1.82) is 0 Å². The Labute approximate surface area is 100 Å². The summed E-state index contributed by atoms with van der Waals surface area (Å²) in [5, 5.41) is 0. The van der Waals surface area contributed by atoms with Crippen LogP contribution < -0.4 is 10.5 Å². The van der Waals surface area contributed by atoms with Crippen molar-refractivity contribution in [3.63, 3.8) is 0 Å². The van der Waals surface area contributed by atoms with Crippen LogP contribution in [0.25, 0.3) is 11.4 Å². The summed E-state index contributed by atoms with van der Waals surface area (Å²) < 4.78 is 5.31. The molecule has 0 aliphatic rings. The zero-order chi connectivity index (χ0) is 12.4. The molecule has 1 aromatic heterocycles. The SMILES string of the molecule is COc1ccc(C)cc1-c1nc(C)cc(N)n1. The molecule has 4 nitrogen and oxygen atoms in total. The molecule has 0 spiro atoms. The number of nitrogen functional groups attached to an aromatic ring is 1. The molecule has 0 atom stereocenters. The number of aromatic nitrogens is 2. The molecule has 2 aromatic rings. The summed E-state index contributed by atoms with van der Waals surface area (Å²) in [6.07, 6.45) is 0. The first-order valence-corrected chi connectivity index (χ1v) is 5.36. The van der Waals surface area contributed by atoms with Crippen LogP contribution in [-0.2, 0) is 0 Å². The van der Waals surface area contributed by atoms with Gasteiger partial charge < -0.3 is 10.5 Å². The van der Waals surface area contributed by atoms with Gasteiger partial charge >= 0.3 is 0 Å². The third-order valence-electron chi connectivity index (χ3n) is 2.47. The van der Waals surface area contributed by atoms with Crippen molar-refractivity contribution in [1.82, 2.24) is 9.97 Å². The second-order valence-electron chi connectivity index (χ2n) is 3.96. The van der Waals surface area contributed by atoms with Crippen molar-refractivity contribution in [2.45, 2.75) is 13.8 Å². The molecule has 0 saturated carbocycles. The Hall–Kier alpha value is -2.10. The number of nitrogens with two attached hydrogens (primary N) is 1. The molecular formula is C13H15N3O. The summed E-state index contributed by atoms with van der Waals surface area (Å²) >= 11 is 0. The molecule has 0 amide bonds. The smallest absolute Gasteiger partial charge is 0.165 e. The maximum Gasteiger partial charge on any atom is 0.165 e. The number of hydrogen-bond donors (Lipinski definition) is 1. The van der Waals surface area contributed by atoms with Crippen molar-refractivity contribution in [3.8, 4) is 17.1 Å². The number of rotatable bonds is 2. The Kier molecular flexibility index (Phi) is 2.95. The molecule has 0 radical (unpaired) electrons. The molecule has 0 fully saturated rings. The zero-order valence-corrected chi connectivity index (χ0v) is 10.2. The van der Waals surface area contributed by atoms with E-state index in [9.17, 15) is 0 Å². The minimum absolute atomic E-state index is 0.469. The van der Waals surface area contributed by atoms with E-state index in [2.05, 4.69) is 9.97 Å². The van der Waals surface area contributed by atoms with E-state index in [0.29, 0.717) is 11.6 Å². The standard InChI is InChI=1S/C13H15N3O/c1-8-4-5-11(17-3)10(6-8)13-15-9(2)7-12(14)16-13/h4-7H,1-3H3,(H2,14,15,16). The van der Waals surface area contributed by atoms with E-state index in [1.807, 2.05) is 32.0 Å². The van der Waals surface area contributed by atoms with E-state index in [0.717, 1.165) is 22.6 Å². The maximum atomic E-state index is 5.73. The lowest BCUT2D eigenvalue weighted by Gasteiger charge is -2.09. The highest BCUT2D eigenvalue weighted by Crippen LogP contribution is 2.28. The molecule has 17 heavy (non-hydrogen) atoms. The molecule has 4 heteroatoms. The monoisotopic (exact) mass is 229 g/mol. The van der Waals surface area contributed by atoms with Gasteiger partial charge in [0.05, 0.1) is 12.7 Å². The van der Waals surface area contributed by atoms with E-state index < -0.39 is 0 Å². The molecule has 1 aromatic carbocycles. The number of methoxy groups -OCH3 is 1. The maximum absolute atomic E-state index is 5.73. The van der Waals surface area contributed by atoms with E-state index in [-0.39, 0.29) is 0 Å². The van der Waals surface area contributed by atoms with Gasteiger partial charge in [-0.3, -0.25) is 0 Å². The summed E-state index contributed by atoms with van der Waals surface area (Å²) in [4.78, 5) is 8.62. The van der Waals surface area contributed by atoms with Crippen LogP contribution in [0.4, 0.5) is 5.82 Å². The molecule has 0 aliphatic carbocycles. The van der Waals surface area contributed by atoms with Crippen molar-refractivity contribution in [3.05, 3.63) is 35.5 Å². The van der Waals surface area contributed by atoms with Gasteiger partial charge in [-0.05, 0) is 26.0 Å². The van der Waals surface area contributed by atoms with Crippen LogP contribution in [-0.4, -0.2) is 17.1 Å². The summed E-state index contributed by atoms with van der Waals surface area (Å²) in [5.41, 5.74) is 8.57. The normalized spacial score (nSPS) is 10.3. The predicted octanol–water partition coefficient (Wildman–Crippen LogP) is 2.35. The van der Waals surface area contributed by atoms with Gasteiger partial charge in [-0.15, -0.1) is 0 Å². The lowest BCUT2D eigenvalue weighted by atomic mass is 10.1. The average molecular weight is 229 g/mol. The van der Waals surface area contributed by atoms with E-state index >= 15 is 0 Å². The van der Waals surface area contributed by atoms with Gasteiger partial charge in [0, 0.05) is 11.8 Å². The Morgan fingerprint density at radius 1 is 1.12 bits per heavy atom. The first kappa shape index (κ1) is 11.4. The Morgan fingerprint density at radius 2 is 1.88 bits per heavy atom. The van der Waals surface area contributed by atoms with Gasteiger partial charge in [-0.2, -0.15) is 0 Å². The zero-order valence-electron chi connectivity index (χ0n) is 10.2. The molecule has 0 bridgehead atoms. The van der Waals surface area contributed by atoms with E-state index in [1.54, 1.807) is 13.2 Å². The van der Waals surface area contributed by atoms with Gasteiger partial charge in [-0.1, -0.05) is 11.6 Å². The van der Waals surface area contributed by atoms with E-state index in [1.165, 1.54) is 0 Å². The largest absolute Gasteiger partial charge is 0.496 e. The van der Waals surface area contributed by atoms with Crippen LogP contribution in [0, 0.1) is 13.8 Å². The first-order valence-electron chi connectivity index (χ1n) is 5.36. The van der Waals surface area contributed by atoms with Gasteiger partial charge in [0.1, 0.15) is 11.6 Å². The fourth-order valence-corrected chi connectivity index (χ4v) is 1.71. The van der Waals surface area contributed by atoms with Crippen molar-refractivity contribution < 1.29 is 4.74 Å². The number of benzene rings is 1. The molecule has 0 aliphatic heterocycles.